The molecule has 4 rings (SSSR count). The van der Waals surface area contributed by atoms with Gasteiger partial charge in [0.05, 0.1) is 11.3 Å². The smallest absolute Gasteiger partial charge is 0.326 e. The van der Waals surface area contributed by atoms with Gasteiger partial charge < -0.3 is 10.2 Å². The van der Waals surface area contributed by atoms with Gasteiger partial charge in [0.25, 0.3) is 0 Å². The summed E-state index contributed by atoms with van der Waals surface area (Å²) in [5, 5.41) is 13.4. The van der Waals surface area contributed by atoms with Gasteiger partial charge in [0.2, 0.25) is 0 Å². The van der Waals surface area contributed by atoms with Crippen molar-refractivity contribution in [3.8, 4) is 0 Å². The van der Waals surface area contributed by atoms with Crippen LogP contribution in [0.3, 0.4) is 0 Å². The minimum Gasteiger partial charge on any atom is -0.326 e. The summed E-state index contributed by atoms with van der Waals surface area (Å²) in [4.78, 5) is 1.68. The summed E-state index contributed by atoms with van der Waals surface area (Å²) >= 11 is 0. The maximum Gasteiger partial charge on any atom is 0.416 e. The molecule has 27 heavy (non-hydrogen) atoms. The van der Waals surface area contributed by atoms with E-state index in [0.29, 0.717) is 5.69 Å². The fourth-order valence-corrected chi connectivity index (χ4v) is 3.28. The first-order valence-corrected chi connectivity index (χ1v) is 8.35. The Balaban J connectivity index is 1.59. The molecule has 6 heteroatoms. The van der Waals surface area contributed by atoms with E-state index in [9.17, 15) is 13.2 Å². The summed E-state index contributed by atoms with van der Waals surface area (Å²) in [5.74, 6) is 0.0724. The Kier molecular flexibility index (Phi) is 3.91. The molecule has 0 aliphatic heterocycles. The van der Waals surface area contributed by atoms with Crippen LogP contribution in [0, 0.1) is 5.41 Å². The SMILES string of the molecule is CN(C(=N)Nc1ccc(C(F)(F)F)cc1)c1ccc2cccc3c2c1C=C3. The zero-order valence-electron chi connectivity index (χ0n) is 14.4. The first kappa shape index (κ1) is 17.1. The van der Waals surface area contributed by atoms with Crippen LogP contribution in [0.25, 0.3) is 22.9 Å². The molecule has 3 aromatic carbocycles. The number of hydrogen-bond donors (Lipinski definition) is 2. The van der Waals surface area contributed by atoms with Crippen molar-refractivity contribution in [2.24, 2.45) is 0 Å². The molecule has 0 saturated carbocycles. The number of benzene rings is 3. The summed E-state index contributed by atoms with van der Waals surface area (Å²) < 4.78 is 38.0. The molecule has 0 saturated heterocycles. The molecule has 2 N–H and O–H groups in total. The fourth-order valence-electron chi connectivity index (χ4n) is 3.28. The molecule has 0 unspecified atom stereocenters. The first-order chi connectivity index (χ1) is 12.8. The Morgan fingerprint density at radius 2 is 1.70 bits per heavy atom. The molecule has 0 aromatic heterocycles. The summed E-state index contributed by atoms with van der Waals surface area (Å²) in [6.45, 7) is 0. The van der Waals surface area contributed by atoms with Gasteiger partial charge >= 0.3 is 6.18 Å². The van der Waals surface area contributed by atoms with E-state index in [2.05, 4.69) is 5.32 Å². The normalized spacial score (nSPS) is 12.4. The zero-order chi connectivity index (χ0) is 19.2. The minimum absolute atomic E-state index is 0.0724. The van der Waals surface area contributed by atoms with E-state index in [0.717, 1.165) is 39.7 Å². The molecule has 0 radical (unpaired) electrons. The van der Waals surface area contributed by atoms with Gasteiger partial charge in [0, 0.05) is 18.3 Å². The van der Waals surface area contributed by atoms with E-state index in [1.165, 1.54) is 12.1 Å². The second kappa shape index (κ2) is 6.16. The predicted molar refractivity (Wildman–Crippen MR) is 104 cm³/mol. The second-order valence-corrected chi connectivity index (χ2v) is 6.38. The largest absolute Gasteiger partial charge is 0.416 e. The van der Waals surface area contributed by atoms with Gasteiger partial charge in [-0.05, 0) is 46.7 Å². The molecule has 3 aromatic rings. The van der Waals surface area contributed by atoms with Gasteiger partial charge in [-0.15, -0.1) is 0 Å². The van der Waals surface area contributed by atoms with Crippen LogP contribution < -0.4 is 10.2 Å². The average Bonchev–Trinajstić information content (AvgIpc) is 3.07. The molecule has 0 heterocycles. The van der Waals surface area contributed by atoms with Crippen LogP contribution in [0.5, 0.6) is 0 Å². The Morgan fingerprint density at radius 3 is 2.41 bits per heavy atom. The maximum absolute atomic E-state index is 12.7. The minimum atomic E-state index is -4.37. The lowest BCUT2D eigenvalue weighted by Gasteiger charge is -2.23. The van der Waals surface area contributed by atoms with Crippen molar-refractivity contribution in [1.82, 2.24) is 0 Å². The van der Waals surface area contributed by atoms with Gasteiger partial charge in [-0.3, -0.25) is 5.41 Å². The van der Waals surface area contributed by atoms with Crippen LogP contribution in [0.4, 0.5) is 24.5 Å². The molecular formula is C21H16F3N3. The summed E-state index contributed by atoms with van der Waals surface area (Å²) in [5.41, 5.74) is 2.74. The van der Waals surface area contributed by atoms with E-state index in [4.69, 9.17) is 5.41 Å². The lowest BCUT2D eigenvalue weighted by molar-refractivity contribution is -0.137. The number of hydrogen-bond acceptors (Lipinski definition) is 1. The standard InChI is InChI=1S/C21H16F3N3/c1-27(20(25)26-16-9-7-15(8-10-16)21(22,23)24)18-12-6-14-4-2-3-13-5-11-17(18)19(13)14/h2-12H,1H3,(H2,25,26). The van der Waals surface area contributed by atoms with Crippen LogP contribution >= 0.6 is 0 Å². The van der Waals surface area contributed by atoms with Crippen molar-refractivity contribution < 1.29 is 13.2 Å². The Morgan fingerprint density at radius 1 is 0.963 bits per heavy atom. The Labute approximate surface area is 154 Å². The van der Waals surface area contributed by atoms with Crippen molar-refractivity contribution in [1.29, 1.82) is 5.41 Å². The zero-order valence-corrected chi connectivity index (χ0v) is 14.4. The number of guanidine groups is 1. The number of nitrogens with one attached hydrogen (secondary N) is 2. The van der Waals surface area contributed by atoms with Crippen LogP contribution in [0.15, 0.2) is 54.6 Å². The highest BCUT2D eigenvalue weighted by Gasteiger charge is 2.30. The van der Waals surface area contributed by atoms with Crippen molar-refractivity contribution >= 4 is 40.3 Å². The summed E-state index contributed by atoms with van der Waals surface area (Å²) in [7, 11) is 1.76. The molecule has 0 spiro atoms. The molecule has 136 valence electrons. The molecule has 3 nitrogen and oxygen atoms in total. The number of nitrogens with zero attached hydrogens (tertiary/aromatic N) is 1. The van der Waals surface area contributed by atoms with Crippen LogP contribution in [-0.2, 0) is 6.18 Å². The summed E-state index contributed by atoms with van der Waals surface area (Å²) in [6, 6.07) is 14.7. The lowest BCUT2D eigenvalue weighted by Crippen LogP contribution is -2.32. The highest BCUT2D eigenvalue weighted by molar-refractivity contribution is 6.12. The van der Waals surface area contributed by atoms with Gasteiger partial charge in [-0.1, -0.05) is 36.4 Å². The molecule has 0 atom stereocenters. The highest BCUT2D eigenvalue weighted by atomic mass is 19.4. The third kappa shape index (κ3) is 3.03. The Bertz CT molecular complexity index is 1070. The van der Waals surface area contributed by atoms with E-state index in [1.807, 2.05) is 42.5 Å². The van der Waals surface area contributed by atoms with Crippen molar-refractivity contribution in [3.05, 3.63) is 71.3 Å². The second-order valence-electron chi connectivity index (χ2n) is 6.38. The third-order valence-corrected chi connectivity index (χ3v) is 4.70. The van der Waals surface area contributed by atoms with Crippen molar-refractivity contribution in [2.75, 3.05) is 17.3 Å². The van der Waals surface area contributed by atoms with E-state index >= 15 is 0 Å². The average molecular weight is 367 g/mol. The predicted octanol–water partition coefficient (Wildman–Crippen LogP) is 5.83. The molecule has 1 aliphatic carbocycles. The summed E-state index contributed by atoms with van der Waals surface area (Å²) in [6.07, 6.45) is -0.307. The van der Waals surface area contributed by atoms with E-state index in [-0.39, 0.29) is 5.96 Å². The van der Waals surface area contributed by atoms with Crippen LogP contribution in [0.2, 0.25) is 0 Å². The molecule has 1 aliphatic rings. The monoisotopic (exact) mass is 367 g/mol. The lowest BCUT2D eigenvalue weighted by atomic mass is 10.0. The van der Waals surface area contributed by atoms with Gasteiger partial charge in [-0.2, -0.15) is 13.2 Å². The number of rotatable bonds is 2. The van der Waals surface area contributed by atoms with E-state index in [1.54, 1.807) is 11.9 Å². The van der Waals surface area contributed by atoms with Gasteiger partial charge in [0.1, 0.15) is 0 Å². The maximum atomic E-state index is 12.7. The number of halogens is 3. The third-order valence-electron chi connectivity index (χ3n) is 4.70. The Hall–Kier alpha value is -3.28. The molecule has 0 amide bonds. The van der Waals surface area contributed by atoms with Crippen molar-refractivity contribution in [3.63, 3.8) is 0 Å². The number of alkyl halides is 3. The first-order valence-electron chi connectivity index (χ1n) is 8.35. The van der Waals surface area contributed by atoms with Crippen LogP contribution in [0.1, 0.15) is 16.7 Å². The molecular weight excluding hydrogens is 351 g/mol. The quantitative estimate of drug-likeness (QED) is 0.346. The van der Waals surface area contributed by atoms with Gasteiger partial charge in [-0.25, -0.2) is 0 Å². The van der Waals surface area contributed by atoms with Crippen LogP contribution in [-0.4, -0.2) is 13.0 Å². The van der Waals surface area contributed by atoms with Gasteiger partial charge in [0.15, 0.2) is 5.96 Å². The molecule has 0 fully saturated rings. The fraction of sp³-hybridized carbons (Fsp3) is 0.0952. The number of anilines is 2. The van der Waals surface area contributed by atoms with E-state index < -0.39 is 11.7 Å². The molecule has 0 bridgehead atoms. The topological polar surface area (TPSA) is 39.1 Å². The van der Waals surface area contributed by atoms with Crippen molar-refractivity contribution in [2.45, 2.75) is 6.18 Å². The highest BCUT2D eigenvalue weighted by Crippen LogP contribution is 2.37.